The summed E-state index contributed by atoms with van der Waals surface area (Å²) in [5, 5.41) is 11.7. The van der Waals surface area contributed by atoms with Gasteiger partial charge >= 0.3 is 6.09 Å². The van der Waals surface area contributed by atoms with Crippen molar-refractivity contribution in [2.75, 3.05) is 33.4 Å². The number of likely N-dealkylation sites (N-methyl/N-ethyl adjacent to an activating group) is 1. The molecule has 1 aromatic rings. The molecule has 3 rings (SSSR count). The SMILES string of the molecule is CN(C[C@H]1OC[C@H](c2cc3c(cc2[N+](=O)[O-])CC(C)(C)O3)CO1)C(=O)OCC[Si](C)(C)C. The molecule has 0 bridgehead atoms. The monoisotopic (exact) mass is 466 g/mol. The van der Waals surface area contributed by atoms with Gasteiger partial charge in [0, 0.05) is 44.7 Å². The van der Waals surface area contributed by atoms with Gasteiger partial charge in [0.05, 0.1) is 31.3 Å². The molecular formula is C22H34N2O7Si. The fraction of sp³-hybridized carbons (Fsp3) is 0.682. The zero-order chi connectivity index (χ0) is 23.7. The van der Waals surface area contributed by atoms with E-state index in [1.54, 1.807) is 19.2 Å². The van der Waals surface area contributed by atoms with Crippen LogP contribution in [0, 0.1) is 10.1 Å². The number of carbonyl (C=O) groups is 1. The van der Waals surface area contributed by atoms with Crippen molar-refractivity contribution in [2.45, 2.75) is 63.8 Å². The molecule has 0 unspecified atom stereocenters. The smallest absolute Gasteiger partial charge is 0.409 e. The third-order valence-electron chi connectivity index (χ3n) is 5.63. The quantitative estimate of drug-likeness (QED) is 0.338. The Kier molecular flexibility index (Phi) is 7.16. The van der Waals surface area contributed by atoms with E-state index in [2.05, 4.69) is 19.6 Å². The van der Waals surface area contributed by atoms with Gasteiger partial charge in [-0.25, -0.2) is 4.79 Å². The maximum atomic E-state index is 12.2. The summed E-state index contributed by atoms with van der Waals surface area (Å²) >= 11 is 0. The van der Waals surface area contributed by atoms with Crippen molar-refractivity contribution in [1.29, 1.82) is 0 Å². The highest BCUT2D eigenvalue weighted by molar-refractivity contribution is 6.76. The Hall–Kier alpha value is -2.17. The standard InChI is InChI=1S/C22H34N2O7Si/c1-22(2)11-15-9-18(24(26)27)17(10-19(15)31-22)16-13-29-20(30-14-16)12-23(3)21(25)28-7-8-32(4,5)6/h9-10,16,20H,7-8,11-14H2,1-6H3/t16-,20-. The minimum Gasteiger partial charge on any atom is -0.487 e. The highest BCUT2D eigenvalue weighted by Gasteiger charge is 2.36. The molecule has 0 saturated carbocycles. The molecule has 9 nitrogen and oxygen atoms in total. The topological polar surface area (TPSA) is 100 Å². The summed E-state index contributed by atoms with van der Waals surface area (Å²) < 4.78 is 22.9. The summed E-state index contributed by atoms with van der Waals surface area (Å²) in [6.45, 7) is 11.7. The highest BCUT2D eigenvalue weighted by atomic mass is 28.3. The maximum Gasteiger partial charge on any atom is 0.409 e. The second kappa shape index (κ2) is 9.36. The van der Waals surface area contributed by atoms with Crippen LogP contribution >= 0.6 is 0 Å². The third kappa shape index (κ3) is 6.20. The fourth-order valence-corrected chi connectivity index (χ4v) is 4.53. The first-order chi connectivity index (χ1) is 14.8. The van der Waals surface area contributed by atoms with Crippen molar-refractivity contribution in [1.82, 2.24) is 4.90 Å². The minimum absolute atomic E-state index is 0.0591. The molecule has 0 aromatic heterocycles. The predicted molar refractivity (Wildman–Crippen MR) is 122 cm³/mol. The van der Waals surface area contributed by atoms with Gasteiger partial charge in [0.25, 0.3) is 5.69 Å². The number of fused-ring (bicyclic) bond motifs is 1. The van der Waals surface area contributed by atoms with Crippen molar-refractivity contribution < 1.29 is 28.7 Å². The molecule has 2 aliphatic heterocycles. The Bertz CT molecular complexity index is 861. The van der Waals surface area contributed by atoms with Gasteiger partial charge < -0.3 is 23.8 Å². The summed E-state index contributed by atoms with van der Waals surface area (Å²) in [5.41, 5.74) is 1.07. The number of ether oxygens (including phenoxy) is 4. The first-order valence-corrected chi connectivity index (χ1v) is 14.7. The number of nitro benzene ring substituents is 1. The van der Waals surface area contributed by atoms with Gasteiger partial charge in [-0.3, -0.25) is 10.1 Å². The second-order valence-corrected chi connectivity index (χ2v) is 16.0. The maximum absolute atomic E-state index is 12.2. The Morgan fingerprint density at radius 1 is 1.28 bits per heavy atom. The Labute approximate surface area is 190 Å². The van der Waals surface area contributed by atoms with Gasteiger partial charge in [-0.05, 0) is 26.0 Å². The molecule has 10 heteroatoms. The third-order valence-corrected chi connectivity index (χ3v) is 7.33. The van der Waals surface area contributed by atoms with E-state index >= 15 is 0 Å². The lowest BCUT2D eigenvalue weighted by Crippen LogP contribution is -2.41. The van der Waals surface area contributed by atoms with Crippen molar-refractivity contribution >= 4 is 19.9 Å². The van der Waals surface area contributed by atoms with Crippen LogP contribution in [0.4, 0.5) is 10.5 Å². The molecule has 2 heterocycles. The molecule has 1 amide bonds. The predicted octanol–water partition coefficient (Wildman–Crippen LogP) is 4.17. The van der Waals surface area contributed by atoms with E-state index in [-0.39, 0.29) is 41.9 Å². The second-order valence-electron chi connectivity index (χ2n) is 10.4. The van der Waals surface area contributed by atoms with Gasteiger partial charge in [-0.15, -0.1) is 0 Å². The van der Waals surface area contributed by atoms with E-state index in [0.717, 1.165) is 11.6 Å². The Morgan fingerprint density at radius 2 is 1.94 bits per heavy atom. The first-order valence-electron chi connectivity index (χ1n) is 11.0. The highest BCUT2D eigenvalue weighted by Crippen LogP contribution is 2.41. The van der Waals surface area contributed by atoms with Gasteiger partial charge in [-0.1, -0.05) is 19.6 Å². The number of amides is 1. The fourth-order valence-electron chi connectivity index (χ4n) is 3.82. The Morgan fingerprint density at radius 3 is 2.53 bits per heavy atom. The molecule has 0 spiro atoms. The number of benzene rings is 1. The van der Waals surface area contributed by atoms with Crippen molar-refractivity contribution in [2.24, 2.45) is 0 Å². The van der Waals surface area contributed by atoms with Crippen LogP contribution in [-0.2, 0) is 20.6 Å². The van der Waals surface area contributed by atoms with Crippen LogP contribution < -0.4 is 4.74 Å². The van der Waals surface area contributed by atoms with E-state index in [1.807, 2.05) is 13.8 Å². The number of hydrogen-bond donors (Lipinski definition) is 0. The van der Waals surface area contributed by atoms with E-state index in [9.17, 15) is 14.9 Å². The number of hydrogen-bond acceptors (Lipinski definition) is 7. The van der Waals surface area contributed by atoms with Crippen LogP contribution in [0.15, 0.2) is 12.1 Å². The van der Waals surface area contributed by atoms with Gasteiger partial charge in [0.15, 0.2) is 6.29 Å². The van der Waals surface area contributed by atoms with E-state index in [1.165, 1.54) is 4.90 Å². The number of nitrogens with zero attached hydrogens (tertiary/aromatic N) is 2. The zero-order valence-electron chi connectivity index (χ0n) is 19.8. The number of rotatable bonds is 7. The van der Waals surface area contributed by atoms with Crippen LogP contribution in [0.1, 0.15) is 30.9 Å². The first kappa shape index (κ1) is 24.5. The van der Waals surface area contributed by atoms with Crippen molar-refractivity contribution in [3.05, 3.63) is 33.4 Å². The van der Waals surface area contributed by atoms with Crippen LogP contribution in [0.5, 0.6) is 5.75 Å². The van der Waals surface area contributed by atoms with Crippen LogP contribution in [0.2, 0.25) is 25.7 Å². The average molecular weight is 467 g/mol. The largest absolute Gasteiger partial charge is 0.487 e. The molecular weight excluding hydrogens is 432 g/mol. The molecule has 32 heavy (non-hydrogen) atoms. The molecule has 1 fully saturated rings. The Balaban J connectivity index is 1.57. The van der Waals surface area contributed by atoms with Gasteiger partial charge in [0.2, 0.25) is 0 Å². The van der Waals surface area contributed by atoms with Crippen molar-refractivity contribution in [3.63, 3.8) is 0 Å². The van der Waals surface area contributed by atoms with Crippen molar-refractivity contribution in [3.8, 4) is 5.75 Å². The van der Waals surface area contributed by atoms with E-state index in [4.69, 9.17) is 18.9 Å². The number of carbonyl (C=O) groups excluding carboxylic acids is 1. The molecule has 0 atom stereocenters. The molecule has 178 valence electrons. The van der Waals surface area contributed by atoms with Crippen LogP contribution in [-0.4, -0.2) is 69.3 Å². The molecule has 1 aromatic carbocycles. The lowest BCUT2D eigenvalue weighted by atomic mass is 9.94. The molecule has 0 N–H and O–H groups in total. The summed E-state index contributed by atoms with van der Waals surface area (Å²) in [6, 6.07) is 4.27. The van der Waals surface area contributed by atoms with E-state index in [0.29, 0.717) is 24.3 Å². The molecule has 0 radical (unpaired) electrons. The van der Waals surface area contributed by atoms with Gasteiger partial charge in [-0.2, -0.15) is 0 Å². The number of nitro groups is 1. The van der Waals surface area contributed by atoms with E-state index < -0.39 is 20.5 Å². The van der Waals surface area contributed by atoms with Gasteiger partial charge in [0.1, 0.15) is 11.4 Å². The summed E-state index contributed by atoms with van der Waals surface area (Å²) in [6.07, 6.45) is -0.389. The molecule has 2 aliphatic rings. The normalized spacial score (nSPS) is 22.1. The molecule has 0 aliphatic carbocycles. The summed E-state index contributed by atoms with van der Waals surface area (Å²) in [7, 11) is 0.368. The minimum atomic E-state index is -1.27. The lowest BCUT2D eigenvalue weighted by Gasteiger charge is -2.31. The van der Waals surface area contributed by atoms with Crippen LogP contribution in [0.3, 0.4) is 0 Å². The summed E-state index contributed by atoms with van der Waals surface area (Å²) in [4.78, 5) is 24.9. The zero-order valence-corrected chi connectivity index (χ0v) is 20.8. The average Bonchev–Trinajstić information content (AvgIpc) is 2.99. The molecule has 1 saturated heterocycles. The van der Waals surface area contributed by atoms with Crippen LogP contribution in [0.25, 0.3) is 0 Å². The summed E-state index contributed by atoms with van der Waals surface area (Å²) in [5.74, 6) is 0.386. The lowest BCUT2D eigenvalue weighted by molar-refractivity contribution is -0.386.